The van der Waals surface area contributed by atoms with E-state index >= 15 is 0 Å². The Hall–Kier alpha value is -1.27. The Bertz CT molecular complexity index is 475. The van der Waals surface area contributed by atoms with Gasteiger partial charge in [0.05, 0.1) is 34.3 Å². The van der Waals surface area contributed by atoms with Crippen LogP contribution in [0.25, 0.3) is 0 Å². The summed E-state index contributed by atoms with van der Waals surface area (Å²) in [6, 6.07) is 2.48. The van der Waals surface area contributed by atoms with Gasteiger partial charge >= 0.3 is 0 Å². The van der Waals surface area contributed by atoms with E-state index in [1.54, 1.807) is 24.0 Å². The first-order valence-electron chi connectivity index (χ1n) is 4.64. The third-order valence-corrected chi connectivity index (χ3v) is 2.91. The first kappa shape index (κ1) is 11.2. The van der Waals surface area contributed by atoms with Crippen molar-refractivity contribution in [2.24, 2.45) is 12.8 Å². The minimum absolute atomic E-state index is 0.375. The summed E-state index contributed by atoms with van der Waals surface area (Å²) in [5.74, 6) is -0.375. The number of halogens is 2. The first-order chi connectivity index (χ1) is 7.59. The van der Waals surface area contributed by atoms with Crippen molar-refractivity contribution in [2.45, 2.75) is 6.04 Å². The van der Waals surface area contributed by atoms with E-state index < -0.39 is 6.04 Å². The number of nitrogens with two attached hydrogens (primary N) is 1. The second-order valence-electron chi connectivity index (χ2n) is 3.38. The Labute approximate surface area is 100 Å². The van der Waals surface area contributed by atoms with Gasteiger partial charge in [0.2, 0.25) is 0 Å². The number of hydrogen-bond acceptors (Lipinski definition) is 3. The molecule has 0 aliphatic rings. The van der Waals surface area contributed by atoms with Gasteiger partial charge in [-0.3, -0.25) is 9.67 Å². The fourth-order valence-electron chi connectivity index (χ4n) is 1.48. The molecule has 0 fully saturated rings. The Kier molecular flexibility index (Phi) is 3.02. The van der Waals surface area contributed by atoms with Crippen LogP contribution >= 0.6 is 15.9 Å². The molecule has 0 aromatic carbocycles. The average Bonchev–Trinajstić information content (AvgIpc) is 2.59. The van der Waals surface area contributed by atoms with E-state index in [0.717, 1.165) is 16.4 Å². The largest absolute Gasteiger partial charge is 0.318 e. The summed E-state index contributed by atoms with van der Waals surface area (Å²) in [4.78, 5) is 3.95. The monoisotopic (exact) mass is 284 g/mol. The topological polar surface area (TPSA) is 56.7 Å². The van der Waals surface area contributed by atoms with E-state index in [-0.39, 0.29) is 5.82 Å². The van der Waals surface area contributed by atoms with Crippen molar-refractivity contribution in [3.05, 3.63) is 46.2 Å². The molecular formula is C10H10BrFN4. The first-order valence-corrected chi connectivity index (χ1v) is 5.43. The smallest absolute Gasteiger partial charge is 0.141 e. The average molecular weight is 285 g/mol. The molecule has 2 N–H and O–H groups in total. The molecule has 2 aromatic rings. The third kappa shape index (κ3) is 1.98. The molecule has 0 saturated carbocycles. The van der Waals surface area contributed by atoms with Crippen molar-refractivity contribution < 1.29 is 4.39 Å². The van der Waals surface area contributed by atoms with E-state index in [9.17, 15) is 4.39 Å². The Morgan fingerprint density at radius 3 is 2.69 bits per heavy atom. The molecule has 1 atom stereocenters. The minimum atomic E-state index is -0.428. The van der Waals surface area contributed by atoms with E-state index in [1.165, 1.54) is 6.07 Å². The highest BCUT2D eigenvalue weighted by Gasteiger charge is 2.17. The van der Waals surface area contributed by atoms with Gasteiger partial charge in [0.15, 0.2) is 0 Å². The highest BCUT2D eigenvalue weighted by molar-refractivity contribution is 9.10. The van der Waals surface area contributed by atoms with Gasteiger partial charge in [0.25, 0.3) is 0 Å². The Morgan fingerprint density at radius 1 is 1.44 bits per heavy atom. The molecule has 84 valence electrons. The maximum absolute atomic E-state index is 12.7. The van der Waals surface area contributed by atoms with Crippen molar-refractivity contribution in [1.82, 2.24) is 14.8 Å². The number of hydrogen-bond donors (Lipinski definition) is 1. The van der Waals surface area contributed by atoms with Gasteiger partial charge in [-0.05, 0) is 28.1 Å². The molecule has 2 heterocycles. The van der Waals surface area contributed by atoms with Gasteiger partial charge in [-0.1, -0.05) is 0 Å². The molecule has 1 unspecified atom stereocenters. The highest BCUT2D eigenvalue weighted by Crippen LogP contribution is 2.24. The summed E-state index contributed by atoms with van der Waals surface area (Å²) in [6.07, 6.45) is 2.82. The number of nitrogens with zero attached hydrogens (tertiary/aromatic N) is 3. The molecule has 0 aliphatic carbocycles. The standard InChI is InChI=1S/C10H10BrFN4/c1-16-10(7(11)5-15-16)9(13)8-3-2-6(12)4-14-8/h2-5,9H,13H2,1H3. The van der Waals surface area contributed by atoms with Crippen LogP contribution < -0.4 is 5.73 Å². The lowest BCUT2D eigenvalue weighted by molar-refractivity contribution is 0.613. The molecule has 2 aromatic heterocycles. The predicted molar refractivity (Wildman–Crippen MR) is 61.1 cm³/mol. The number of aromatic nitrogens is 3. The second kappa shape index (κ2) is 4.31. The number of pyridine rings is 1. The van der Waals surface area contributed by atoms with Gasteiger partial charge in [-0.15, -0.1) is 0 Å². The zero-order valence-electron chi connectivity index (χ0n) is 8.56. The molecule has 0 amide bonds. The van der Waals surface area contributed by atoms with Gasteiger partial charge in [0, 0.05) is 7.05 Å². The molecular weight excluding hydrogens is 275 g/mol. The number of rotatable bonds is 2. The maximum atomic E-state index is 12.7. The summed E-state index contributed by atoms with van der Waals surface area (Å²) in [5, 5.41) is 4.07. The summed E-state index contributed by atoms with van der Waals surface area (Å²) >= 11 is 3.36. The second-order valence-corrected chi connectivity index (χ2v) is 4.23. The van der Waals surface area contributed by atoms with Crippen LogP contribution in [-0.2, 0) is 7.05 Å². The van der Waals surface area contributed by atoms with Crippen molar-refractivity contribution >= 4 is 15.9 Å². The zero-order chi connectivity index (χ0) is 11.7. The summed E-state index contributed by atoms with van der Waals surface area (Å²) < 4.78 is 15.2. The van der Waals surface area contributed by atoms with Crippen LogP contribution in [0, 0.1) is 5.82 Å². The molecule has 0 radical (unpaired) electrons. The molecule has 0 bridgehead atoms. The highest BCUT2D eigenvalue weighted by atomic mass is 79.9. The summed E-state index contributed by atoms with van der Waals surface area (Å²) in [7, 11) is 1.80. The zero-order valence-corrected chi connectivity index (χ0v) is 10.1. The van der Waals surface area contributed by atoms with Crippen molar-refractivity contribution in [1.29, 1.82) is 0 Å². The van der Waals surface area contributed by atoms with Crippen LogP contribution in [0.1, 0.15) is 17.4 Å². The minimum Gasteiger partial charge on any atom is -0.318 e. The lowest BCUT2D eigenvalue weighted by Crippen LogP contribution is -2.17. The van der Waals surface area contributed by atoms with Crippen LogP contribution in [0.3, 0.4) is 0 Å². The van der Waals surface area contributed by atoms with Gasteiger partial charge < -0.3 is 5.73 Å². The fraction of sp³-hybridized carbons (Fsp3) is 0.200. The fourth-order valence-corrected chi connectivity index (χ4v) is 2.08. The van der Waals surface area contributed by atoms with Crippen molar-refractivity contribution in [3.8, 4) is 0 Å². The maximum Gasteiger partial charge on any atom is 0.141 e. The SMILES string of the molecule is Cn1ncc(Br)c1C(N)c1ccc(F)cn1. The van der Waals surface area contributed by atoms with Crippen LogP contribution in [0.4, 0.5) is 4.39 Å². The number of aryl methyl sites for hydroxylation is 1. The normalized spacial score (nSPS) is 12.8. The molecule has 0 aliphatic heterocycles. The van der Waals surface area contributed by atoms with Crippen LogP contribution in [0.15, 0.2) is 29.0 Å². The van der Waals surface area contributed by atoms with Crippen LogP contribution in [0.2, 0.25) is 0 Å². The van der Waals surface area contributed by atoms with Gasteiger partial charge in [0.1, 0.15) is 5.82 Å². The molecule has 0 spiro atoms. The van der Waals surface area contributed by atoms with Crippen molar-refractivity contribution in [2.75, 3.05) is 0 Å². The molecule has 4 nitrogen and oxygen atoms in total. The molecule has 2 rings (SSSR count). The lowest BCUT2D eigenvalue weighted by atomic mass is 10.1. The molecule has 0 saturated heterocycles. The Balaban J connectivity index is 2.39. The summed E-state index contributed by atoms with van der Waals surface area (Å²) in [5.41, 5.74) is 7.44. The molecule has 6 heteroatoms. The van der Waals surface area contributed by atoms with E-state index in [4.69, 9.17) is 5.73 Å². The van der Waals surface area contributed by atoms with Crippen LogP contribution in [0.5, 0.6) is 0 Å². The van der Waals surface area contributed by atoms with Gasteiger partial charge in [-0.25, -0.2) is 4.39 Å². The van der Waals surface area contributed by atoms with Gasteiger partial charge in [-0.2, -0.15) is 5.10 Å². The Morgan fingerprint density at radius 2 is 2.19 bits per heavy atom. The summed E-state index contributed by atoms with van der Waals surface area (Å²) in [6.45, 7) is 0. The quantitative estimate of drug-likeness (QED) is 0.914. The third-order valence-electron chi connectivity index (χ3n) is 2.30. The van der Waals surface area contributed by atoms with Crippen LogP contribution in [-0.4, -0.2) is 14.8 Å². The van der Waals surface area contributed by atoms with E-state index in [0.29, 0.717) is 5.69 Å². The van der Waals surface area contributed by atoms with E-state index in [1.807, 2.05) is 0 Å². The lowest BCUT2D eigenvalue weighted by Gasteiger charge is -2.12. The van der Waals surface area contributed by atoms with E-state index in [2.05, 4.69) is 26.0 Å². The predicted octanol–water partition coefficient (Wildman–Crippen LogP) is 1.76. The van der Waals surface area contributed by atoms with Crippen molar-refractivity contribution in [3.63, 3.8) is 0 Å². The molecule has 16 heavy (non-hydrogen) atoms.